The minimum atomic E-state index is -0.447. The van der Waals surface area contributed by atoms with Crippen LogP contribution in [0.3, 0.4) is 0 Å². The van der Waals surface area contributed by atoms with Gasteiger partial charge >= 0.3 is 0 Å². The summed E-state index contributed by atoms with van der Waals surface area (Å²) in [6.07, 6.45) is 3.09. The predicted octanol–water partition coefficient (Wildman–Crippen LogP) is 0.519. The number of ether oxygens (including phenoxy) is 2. The monoisotopic (exact) mass is 277 g/mol. The maximum absolute atomic E-state index is 12.4. The lowest BCUT2D eigenvalue weighted by atomic mass is 10.0. The van der Waals surface area contributed by atoms with E-state index in [1.165, 1.54) is 0 Å². The fourth-order valence-electron chi connectivity index (χ4n) is 2.74. The first-order chi connectivity index (χ1) is 9.72. The molecule has 108 valence electrons. The van der Waals surface area contributed by atoms with Gasteiger partial charge in [0.15, 0.2) is 5.79 Å². The molecule has 6 heteroatoms. The Morgan fingerprint density at radius 1 is 1.35 bits per heavy atom. The van der Waals surface area contributed by atoms with E-state index in [0.29, 0.717) is 38.4 Å². The summed E-state index contributed by atoms with van der Waals surface area (Å²) in [6, 6.07) is 3.49. The molecule has 1 amide bonds. The van der Waals surface area contributed by atoms with Crippen molar-refractivity contribution < 1.29 is 14.3 Å². The van der Waals surface area contributed by atoms with E-state index in [0.717, 1.165) is 18.5 Å². The van der Waals surface area contributed by atoms with Crippen LogP contribution in [-0.2, 0) is 16.0 Å². The van der Waals surface area contributed by atoms with Crippen LogP contribution in [0.1, 0.15) is 28.9 Å². The van der Waals surface area contributed by atoms with Gasteiger partial charge in [-0.15, -0.1) is 0 Å². The van der Waals surface area contributed by atoms with Gasteiger partial charge in [-0.05, 0) is 12.1 Å². The molecule has 2 N–H and O–H groups in total. The molecule has 2 saturated heterocycles. The first kappa shape index (κ1) is 13.5. The van der Waals surface area contributed by atoms with Crippen molar-refractivity contribution in [1.29, 1.82) is 0 Å². The van der Waals surface area contributed by atoms with Crippen LogP contribution in [0.4, 0.5) is 0 Å². The number of amides is 1. The number of pyridine rings is 1. The molecule has 3 rings (SSSR count). The van der Waals surface area contributed by atoms with Crippen LogP contribution >= 0.6 is 0 Å². The lowest BCUT2D eigenvalue weighted by molar-refractivity contribution is -0.181. The SMILES string of the molecule is NCc1cc(C(=O)N2CCC3(CC2)OCCO3)ccn1. The lowest BCUT2D eigenvalue weighted by Gasteiger charge is -2.37. The van der Waals surface area contributed by atoms with Gasteiger partial charge < -0.3 is 20.1 Å². The van der Waals surface area contributed by atoms with Crippen LogP contribution in [-0.4, -0.2) is 47.9 Å². The Morgan fingerprint density at radius 3 is 2.70 bits per heavy atom. The average molecular weight is 277 g/mol. The largest absolute Gasteiger partial charge is 0.347 e. The van der Waals surface area contributed by atoms with Gasteiger partial charge in [0.05, 0.1) is 18.9 Å². The zero-order valence-corrected chi connectivity index (χ0v) is 11.4. The maximum Gasteiger partial charge on any atom is 0.253 e. The molecule has 0 saturated carbocycles. The predicted molar refractivity (Wildman–Crippen MR) is 71.9 cm³/mol. The molecule has 0 aliphatic carbocycles. The number of rotatable bonds is 2. The van der Waals surface area contributed by atoms with E-state index < -0.39 is 5.79 Å². The topological polar surface area (TPSA) is 77.7 Å². The van der Waals surface area contributed by atoms with Crippen molar-refractivity contribution in [3.8, 4) is 0 Å². The zero-order valence-electron chi connectivity index (χ0n) is 11.4. The van der Waals surface area contributed by atoms with Gasteiger partial charge in [0, 0.05) is 44.2 Å². The summed E-state index contributed by atoms with van der Waals surface area (Å²) < 4.78 is 11.3. The molecule has 0 bridgehead atoms. The second kappa shape index (κ2) is 5.47. The van der Waals surface area contributed by atoms with Crippen LogP contribution in [0.25, 0.3) is 0 Å². The number of likely N-dealkylation sites (tertiary alicyclic amines) is 1. The summed E-state index contributed by atoms with van der Waals surface area (Å²) >= 11 is 0. The fourth-order valence-corrected chi connectivity index (χ4v) is 2.74. The highest BCUT2D eigenvalue weighted by atomic mass is 16.7. The van der Waals surface area contributed by atoms with Gasteiger partial charge in [-0.2, -0.15) is 0 Å². The Labute approximate surface area is 117 Å². The average Bonchev–Trinajstić information content (AvgIpc) is 2.96. The molecule has 0 radical (unpaired) electrons. The van der Waals surface area contributed by atoms with Crippen molar-refractivity contribution >= 4 is 5.91 Å². The number of carbonyl (C=O) groups excluding carboxylic acids is 1. The van der Waals surface area contributed by atoms with Crippen molar-refractivity contribution in [3.05, 3.63) is 29.6 Å². The Hall–Kier alpha value is -1.50. The Kier molecular flexibility index (Phi) is 3.69. The van der Waals surface area contributed by atoms with E-state index in [1.807, 2.05) is 4.90 Å². The first-order valence-corrected chi connectivity index (χ1v) is 6.95. The van der Waals surface area contributed by atoms with E-state index in [4.69, 9.17) is 15.2 Å². The van der Waals surface area contributed by atoms with Crippen molar-refractivity contribution in [3.63, 3.8) is 0 Å². The number of hydrogen-bond acceptors (Lipinski definition) is 5. The summed E-state index contributed by atoms with van der Waals surface area (Å²) in [6.45, 7) is 2.94. The molecule has 0 atom stereocenters. The summed E-state index contributed by atoms with van der Waals surface area (Å²) in [7, 11) is 0. The zero-order chi connectivity index (χ0) is 14.0. The van der Waals surface area contributed by atoms with Crippen LogP contribution in [0.5, 0.6) is 0 Å². The molecule has 3 heterocycles. The number of carbonyl (C=O) groups is 1. The van der Waals surface area contributed by atoms with Crippen LogP contribution in [0.2, 0.25) is 0 Å². The number of piperidine rings is 1. The Morgan fingerprint density at radius 2 is 2.05 bits per heavy atom. The molecule has 0 aromatic carbocycles. The van der Waals surface area contributed by atoms with Gasteiger partial charge in [0.2, 0.25) is 0 Å². The van der Waals surface area contributed by atoms with Crippen LogP contribution < -0.4 is 5.73 Å². The summed E-state index contributed by atoms with van der Waals surface area (Å²) in [4.78, 5) is 18.4. The maximum atomic E-state index is 12.4. The minimum absolute atomic E-state index is 0.0231. The standard InChI is InChI=1S/C14H19N3O3/c15-10-12-9-11(1-4-16-12)13(18)17-5-2-14(3-6-17)19-7-8-20-14/h1,4,9H,2-3,5-8,10,15H2. The smallest absolute Gasteiger partial charge is 0.253 e. The number of aromatic nitrogens is 1. The normalized spacial score (nSPS) is 21.4. The molecule has 2 aliphatic heterocycles. The van der Waals surface area contributed by atoms with Crippen molar-refractivity contribution in [2.45, 2.75) is 25.2 Å². The highest BCUT2D eigenvalue weighted by molar-refractivity contribution is 5.94. The lowest BCUT2D eigenvalue weighted by Crippen LogP contribution is -2.47. The molecule has 1 spiro atoms. The molecule has 6 nitrogen and oxygen atoms in total. The molecular formula is C14H19N3O3. The van der Waals surface area contributed by atoms with E-state index in [9.17, 15) is 4.79 Å². The summed E-state index contributed by atoms with van der Waals surface area (Å²) in [5.74, 6) is -0.424. The third-order valence-corrected chi connectivity index (χ3v) is 3.90. The molecule has 1 aromatic rings. The molecule has 20 heavy (non-hydrogen) atoms. The van der Waals surface area contributed by atoms with Crippen molar-refractivity contribution in [1.82, 2.24) is 9.88 Å². The van der Waals surface area contributed by atoms with Crippen LogP contribution in [0.15, 0.2) is 18.3 Å². The second-order valence-electron chi connectivity index (χ2n) is 5.14. The summed E-state index contributed by atoms with van der Waals surface area (Å²) in [5.41, 5.74) is 6.93. The Bertz CT molecular complexity index is 490. The van der Waals surface area contributed by atoms with Gasteiger partial charge in [-0.1, -0.05) is 0 Å². The highest BCUT2D eigenvalue weighted by Gasteiger charge is 2.40. The fraction of sp³-hybridized carbons (Fsp3) is 0.571. The van der Waals surface area contributed by atoms with Crippen LogP contribution in [0, 0.1) is 0 Å². The summed E-state index contributed by atoms with van der Waals surface area (Å²) in [5, 5.41) is 0. The molecule has 2 aliphatic rings. The minimum Gasteiger partial charge on any atom is -0.347 e. The quantitative estimate of drug-likeness (QED) is 0.852. The first-order valence-electron chi connectivity index (χ1n) is 6.95. The van der Waals surface area contributed by atoms with Gasteiger partial charge in [0.25, 0.3) is 5.91 Å². The van der Waals surface area contributed by atoms with Gasteiger partial charge in [-0.25, -0.2) is 0 Å². The molecule has 2 fully saturated rings. The van der Waals surface area contributed by atoms with Gasteiger partial charge in [-0.3, -0.25) is 9.78 Å². The van der Waals surface area contributed by atoms with E-state index in [2.05, 4.69) is 4.98 Å². The van der Waals surface area contributed by atoms with E-state index in [1.54, 1.807) is 18.3 Å². The van der Waals surface area contributed by atoms with Crippen molar-refractivity contribution in [2.75, 3.05) is 26.3 Å². The number of hydrogen-bond donors (Lipinski definition) is 1. The van der Waals surface area contributed by atoms with Gasteiger partial charge in [0.1, 0.15) is 0 Å². The second-order valence-corrected chi connectivity index (χ2v) is 5.14. The molecular weight excluding hydrogens is 258 g/mol. The highest BCUT2D eigenvalue weighted by Crippen LogP contribution is 2.31. The molecule has 0 unspecified atom stereocenters. The third-order valence-electron chi connectivity index (χ3n) is 3.90. The number of nitrogens with two attached hydrogens (primary N) is 1. The van der Waals surface area contributed by atoms with E-state index >= 15 is 0 Å². The van der Waals surface area contributed by atoms with Crippen molar-refractivity contribution in [2.24, 2.45) is 5.73 Å². The number of nitrogens with zero attached hydrogens (tertiary/aromatic N) is 2. The third kappa shape index (κ3) is 2.54. The van der Waals surface area contributed by atoms with E-state index in [-0.39, 0.29) is 5.91 Å². The molecule has 1 aromatic heterocycles. The Balaban J connectivity index is 1.66.